The van der Waals surface area contributed by atoms with Crippen LogP contribution in [0.2, 0.25) is 0 Å². The summed E-state index contributed by atoms with van der Waals surface area (Å²) in [5.41, 5.74) is 2.52. The number of aliphatic hydroxyl groups excluding tert-OH is 1. The van der Waals surface area contributed by atoms with Crippen LogP contribution >= 0.6 is 11.3 Å². The van der Waals surface area contributed by atoms with Gasteiger partial charge in [-0.15, -0.1) is 11.3 Å². The normalized spacial score (nSPS) is 11.6. The lowest BCUT2D eigenvalue weighted by molar-refractivity contribution is -0.384. The molecule has 3 aromatic rings. The molecule has 0 radical (unpaired) electrons. The Morgan fingerprint density at radius 1 is 1.16 bits per heavy atom. The fourth-order valence-corrected chi connectivity index (χ4v) is 3.44. The second-order valence-corrected chi connectivity index (χ2v) is 6.22. The number of rotatable bonds is 6. The van der Waals surface area contributed by atoms with Crippen LogP contribution in [0.15, 0.2) is 65.0 Å². The molecule has 0 saturated carbocycles. The van der Waals surface area contributed by atoms with Crippen LogP contribution in [0.25, 0.3) is 11.3 Å². The fourth-order valence-electron chi connectivity index (χ4n) is 2.49. The Labute approximate surface area is 148 Å². The van der Waals surface area contributed by atoms with E-state index in [2.05, 4.69) is 4.99 Å². The first-order chi connectivity index (χ1) is 12.2. The number of benzene rings is 2. The number of para-hydroxylation sites is 1. The highest BCUT2D eigenvalue weighted by atomic mass is 32.1. The summed E-state index contributed by atoms with van der Waals surface area (Å²) in [7, 11) is 0. The molecule has 25 heavy (non-hydrogen) atoms. The van der Waals surface area contributed by atoms with Crippen molar-refractivity contribution in [3.8, 4) is 11.3 Å². The molecule has 128 valence electrons. The summed E-state index contributed by atoms with van der Waals surface area (Å²) in [4.78, 5) is 16.1. The van der Waals surface area contributed by atoms with E-state index in [-0.39, 0.29) is 12.3 Å². The molecule has 6 nitrogen and oxygen atoms in total. The van der Waals surface area contributed by atoms with Crippen molar-refractivity contribution in [3.63, 3.8) is 0 Å². The number of nitrogens with zero attached hydrogens (tertiary/aromatic N) is 3. The first-order valence-electron chi connectivity index (χ1n) is 7.83. The second kappa shape index (κ2) is 7.87. The van der Waals surface area contributed by atoms with E-state index in [1.165, 1.54) is 17.4 Å². The van der Waals surface area contributed by atoms with Crippen molar-refractivity contribution in [2.45, 2.75) is 13.0 Å². The van der Waals surface area contributed by atoms with Gasteiger partial charge in [0.05, 0.1) is 16.3 Å². The summed E-state index contributed by atoms with van der Waals surface area (Å²) >= 11 is 1.48. The van der Waals surface area contributed by atoms with Crippen molar-refractivity contribution in [1.82, 2.24) is 4.57 Å². The summed E-state index contributed by atoms with van der Waals surface area (Å²) in [5.74, 6) is 0. The molecular weight excluding hydrogens is 338 g/mol. The molecule has 0 saturated heterocycles. The van der Waals surface area contributed by atoms with E-state index in [4.69, 9.17) is 0 Å². The number of hydrogen-bond acceptors (Lipinski definition) is 5. The summed E-state index contributed by atoms with van der Waals surface area (Å²) in [6.45, 7) is 0.658. The maximum Gasteiger partial charge on any atom is 0.270 e. The average Bonchev–Trinajstić information content (AvgIpc) is 3.03. The first kappa shape index (κ1) is 17.1. The molecule has 0 aliphatic heterocycles. The van der Waals surface area contributed by atoms with Crippen LogP contribution < -0.4 is 4.80 Å². The van der Waals surface area contributed by atoms with E-state index >= 15 is 0 Å². The van der Waals surface area contributed by atoms with Gasteiger partial charge in [0.15, 0.2) is 4.80 Å². The summed E-state index contributed by atoms with van der Waals surface area (Å²) in [6.07, 6.45) is 0.584. The highest BCUT2D eigenvalue weighted by Crippen LogP contribution is 2.25. The Bertz CT molecular complexity index is 932. The topological polar surface area (TPSA) is 80.7 Å². The number of non-ortho nitro benzene ring substituents is 1. The molecule has 0 fully saturated rings. The van der Waals surface area contributed by atoms with Crippen molar-refractivity contribution in [2.75, 3.05) is 6.61 Å². The van der Waals surface area contributed by atoms with Crippen LogP contribution in [-0.2, 0) is 6.54 Å². The van der Waals surface area contributed by atoms with Crippen LogP contribution in [0.1, 0.15) is 6.42 Å². The average molecular weight is 355 g/mol. The molecule has 0 atom stereocenters. The van der Waals surface area contributed by atoms with Gasteiger partial charge >= 0.3 is 0 Å². The molecule has 3 rings (SSSR count). The molecule has 0 bridgehead atoms. The lowest BCUT2D eigenvalue weighted by Crippen LogP contribution is -2.16. The zero-order valence-electron chi connectivity index (χ0n) is 13.4. The van der Waals surface area contributed by atoms with Gasteiger partial charge in [0.1, 0.15) is 0 Å². The number of hydrogen-bond donors (Lipinski definition) is 1. The largest absolute Gasteiger partial charge is 0.396 e. The first-order valence-corrected chi connectivity index (χ1v) is 8.71. The number of thiazole rings is 1. The molecular formula is C18H17N3O3S. The Balaban J connectivity index is 2.10. The quantitative estimate of drug-likeness (QED) is 0.540. The van der Waals surface area contributed by atoms with Gasteiger partial charge in [-0.05, 0) is 18.6 Å². The third-order valence-corrected chi connectivity index (χ3v) is 4.53. The number of nitro benzene ring substituents is 1. The van der Waals surface area contributed by atoms with Crippen molar-refractivity contribution >= 4 is 22.7 Å². The van der Waals surface area contributed by atoms with Crippen molar-refractivity contribution in [1.29, 1.82) is 0 Å². The number of nitro groups is 1. The molecule has 0 aliphatic carbocycles. The van der Waals surface area contributed by atoms with Crippen molar-refractivity contribution < 1.29 is 10.0 Å². The van der Waals surface area contributed by atoms with Crippen molar-refractivity contribution in [2.24, 2.45) is 4.99 Å². The van der Waals surface area contributed by atoms with Gasteiger partial charge < -0.3 is 9.67 Å². The second-order valence-electron chi connectivity index (χ2n) is 5.39. The summed E-state index contributed by atoms with van der Waals surface area (Å²) in [5, 5.41) is 22.2. The molecule has 0 unspecified atom stereocenters. The third kappa shape index (κ3) is 4.01. The Morgan fingerprint density at radius 3 is 2.68 bits per heavy atom. The van der Waals surface area contributed by atoms with Gasteiger partial charge in [-0.3, -0.25) is 10.1 Å². The molecule has 0 aliphatic rings. The standard InChI is InChI=1S/C18H17N3O3S/c22-11-5-10-20-17(14-6-4-9-16(12-14)21(23)24)13-25-18(20)19-15-7-2-1-3-8-15/h1-4,6-9,12-13,22H,5,10-11H2. The zero-order chi connectivity index (χ0) is 17.6. The molecule has 1 heterocycles. The van der Waals surface area contributed by atoms with Gasteiger partial charge in [0, 0.05) is 36.2 Å². The summed E-state index contributed by atoms with van der Waals surface area (Å²) < 4.78 is 1.99. The van der Waals surface area contributed by atoms with E-state index in [0.29, 0.717) is 13.0 Å². The van der Waals surface area contributed by atoms with Crippen LogP contribution in [0, 0.1) is 10.1 Å². The van der Waals surface area contributed by atoms with Crippen molar-refractivity contribution in [3.05, 3.63) is 74.9 Å². The van der Waals surface area contributed by atoms with Gasteiger partial charge in [-0.1, -0.05) is 30.3 Å². The van der Waals surface area contributed by atoms with Gasteiger partial charge in [-0.25, -0.2) is 4.99 Å². The minimum absolute atomic E-state index is 0.0546. The Hall–Kier alpha value is -2.77. The zero-order valence-corrected chi connectivity index (χ0v) is 14.2. The lowest BCUT2D eigenvalue weighted by atomic mass is 10.1. The Morgan fingerprint density at radius 2 is 1.96 bits per heavy atom. The predicted octanol–water partition coefficient (Wildman–Crippen LogP) is 3.74. The monoisotopic (exact) mass is 355 g/mol. The lowest BCUT2D eigenvalue weighted by Gasteiger charge is -2.08. The molecule has 2 aromatic carbocycles. The third-order valence-electron chi connectivity index (χ3n) is 3.67. The molecule has 1 N–H and O–H groups in total. The number of aliphatic hydroxyl groups is 1. The van der Waals surface area contributed by atoms with Gasteiger partial charge in [0.25, 0.3) is 5.69 Å². The Kier molecular flexibility index (Phi) is 5.37. The maximum atomic E-state index is 11.0. The van der Waals surface area contributed by atoms with Crippen LogP contribution in [0.5, 0.6) is 0 Å². The molecule has 0 spiro atoms. The SMILES string of the molecule is O=[N+]([O-])c1cccc(-c2csc(=Nc3ccccc3)n2CCCO)c1. The maximum absolute atomic E-state index is 11.0. The highest BCUT2D eigenvalue weighted by Gasteiger charge is 2.12. The van der Waals surface area contributed by atoms with Gasteiger partial charge in [-0.2, -0.15) is 0 Å². The van der Waals surface area contributed by atoms with Crippen LogP contribution in [-0.4, -0.2) is 21.2 Å². The molecule has 7 heteroatoms. The smallest absolute Gasteiger partial charge is 0.270 e. The van der Waals surface area contributed by atoms with Crippen LogP contribution in [0.3, 0.4) is 0 Å². The van der Waals surface area contributed by atoms with Crippen LogP contribution in [0.4, 0.5) is 11.4 Å². The molecule has 0 amide bonds. The van der Waals surface area contributed by atoms with E-state index in [9.17, 15) is 15.2 Å². The van der Waals surface area contributed by atoms with E-state index in [0.717, 1.165) is 21.7 Å². The minimum Gasteiger partial charge on any atom is -0.396 e. The van der Waals surface area contributed by atoms with E-state index < -0.39 is 4.92 Å². The molecule has 1 aromatic heterocycles. The summed E-state index contributed by atoms with van der Waals surface area (Å²) in [6, 6.07) is 16.2. The van der Waals surface area contributed by atoms with E-state index in [1.807, 2.05) is 46.3 Å². The van der Waals surface area contributed by atoms with Gasteiger partial charge in [0.2, 0.25) is 0 Å². The highest BCUT2D eigenvalue weighted by molar-refractivity contribution is 7.07. The fraction of sp³-hybridized carbons (Fsp3) is 0.167. The minimum atomic E-state index is -0.400. The predicted molar refractivity (Wildman–Crippen MR) is 97.8 cm³/mol. The van der Waals surface area contributed by atoms with E-state index in [1.54, 1.807) is 12.1 Å². The number of aromatic nitrogens is 1.